The molecule has 0 radical (unpaired) electrons. The highest BCUT2D eigenvalue weighted by molar-refractivity contribution is 4.82. The van der Waals surface area contributed by atoms with Gasteiger partial charge in [-0.15, -0.1) is 0 Å². The molecule has 4 nitrogen and oxygen atoms in total. The van der Waals surface area contributed by atoms with Gasteiger partial charge in [-0.25, -0.2) is 19.6 Å². The Hall–Kier alpha value is -0.160. The molecule has 4 heteroatoms. The molecule has 0 aromatic carbocycles. The molecule has 0 bridgehead atoms. The van der Waals surface area contributed by atoms with Gasteiger partial charge in [-0.3, -0.25) is 0 Å². The molecule has 0 aliphatic heterocycles. The van der Waals surface area contributed by atoms with Gasteiger partial charge >= 0.3 is 0 Å². The lowest BCUT2D eigenvalue weighted by Gasteiger charge is -2.37. The van der Waals surface area contributed by atoms with Crippen LogP contribution in [-0.4, -0.2) is 22.4 Å². The molecule has 0 saturated carbocycles. The first-order chi connectivity index (χ1) is 14.7. The molecule has 0 aromatic heterocycles. The van der Waals surface area contributed by atoms with Crippen molar-refractivity contribution in [3.63, 3.8) is 0 Å². The molecule has 0 rings (SSSR count). The highest BCUT2D eigenvalue weighted by atomic mass is 17.2. The molecule has 0 amide bonds. The highest BCUT2D eigenvalue weighted by Gasteiger charge is 2.35. The molecule has 2 atom stereocenters. The van der Waals surface area contributed by atoms with Crippen LogP contribution in [0.4, 0.5) is 0 Å². The van der Waals surface area contributed by atoms with Crippen LogP contribution in [0.15, 0.2) is 0 Å². The Bertz CT molecular complexity index is 409. The van der Waals surface area contributed by atoms with Gasteiger partial charge in [0.1, 0.15) is 11.2 Å². The second-order valence-electron chi connectivity index (χ2n) is 12.3. The van der Waals surface area contributed by atoms with E-state index in [2.05, 4.69) is 27.7 Å². The summed E-state index contributed by atoms with van der Waals surface area (Å²) in [5, 5.41) is 0. The second kappa shape index (κ2) is 15.7. The van der Waals surface area contributed by atoms with E-state index in [1.54, 1.807) is 0 Å². The van der Waals surface area contributed by atoms with Gasteiger partial charge in [0.15, 0.2) is 0 Å². The quantitative estimate of drug-likeness (QED) is 0.110. The zero-order chi connectivity index (χ0) is 24.7. The summed E-state index contributed by atoms with van der Waals surface area (Å²) in [7, 11) is 0. The van der Waals surface area contributed by atoms with Crippen LogP contribution in [0.5, 0.6) is 0 Å². The molecule has 0 aromatic rings. The van der Waals surface area contributed by atoms with E-state index in [1.807, 2.05) is 41.5 Å². The summed E-state index contributed by atoms with van der Waals surface area (Å²) in [5.74, 6) is 0. The Morgan fingerprint density at radius 2 is 0.688 bits per heavy atom. The molecule has 2 unspecified atom stereocenters. The van der Waals surface area contributed by atoms with Crippen LogP contribution < -0.4 is 0 Å². The van der Waals surface area contributed by atoms with E-state index in [1.165, 1.54) is 51.4 Å². The third-order valence-electron chi connectivity index (χ3n) is 5.79. The number of hydrogen-bond acceptors (Lipinski definition) is 4. The molecular weight excluding hydrogens is 400 g/mol. The van der Waals surface area contributed by atoms with E-state index in [-0.39, 0.29) is 22.4 Å². The average Bonchev–Trinajstić information content (AvgIpc) is 2.68. The SMILES string of the molecule is CCCCCCCC(C)(CCC(C)(CCCCCCC)OOC(C)(C)C)OOC(C)(C)C. The molecule has 0 aliphatic carbocycles. The van der Waals surface area contributed by atoms with Crippen LogP contribution in [0.1, 0.15) is 159 Å². The van der Waals surface area contributed by atoms with E-state index in [0.717, 1.165) is 38.5 Å². The zero-order valence-corrected chi connectivity index (χ0v) is 23.5. The van der Waals surface area contributed by atoms with Gasteiger partial charge in [0, 0.05) is 0 Å². The molecule has 0 saturated heterocycles. The first kappa shape index (κ1) is 31.8. The number of hydrogen-bond donors (Lipinski definition) is 0. The number of rotatable bonds is 19. The monoisotopic (exact) mass is 458 g/mol. The molecule has 32 heavy (non-hydrogen) atoms. The third kappa shape index (κ3) is 18.3. The van der Waals surface area contributed by atoms with Crippen molar-refractivity contribution in [2.45, 2.75) is 182 Å². The van der Waals surface area contributed by atoms with E-state index in [0.29, 0.717) is 0 Å². The summed E-state index contributed by atoms with van der Waals surface area (Å²) in [4.78, 5) is 23.8. The van der Waals surface area contributed by atoms with Crippen molar-refractivity contribution in [3.8, 4) is 0 Å². The van der Waals surface area contributed by atoms with E-state index in [4.69, 9.17) is 19.6 Å². The molecule has 0 N–H and O–H groups in total. The fourth-order valence-corrected chi connectivity index (χ4v) is 3.60. The lowest BCUT2D eigenvalue weighted by molar-refractivity contribution is -0.415. The molecule has 194 valence electrons. The molecule has 0 fully saturated rings. The lowest BCUT2D eigenvalue weighted by Crippen LogP contribution is -2.38. The van der Waals surface area contributed by atoms with E-state index >= 15 is 0 Å². The predicted molar refractivity (Wildman–Crippen MR) is 137 cm³/mol. The molecule has 0 heterocycles. The maximum atomic E-state index is 6.10. The minimum atomic E-state index is -0.325. The minimum Gasteiger partial charge on any atom is -0.230 e. The van der Waals surface area contributed by atoms with Crippen molar-refractivity contribution >= 4 is 0 Å². The van der Waals surface area contributed by atoms with Crippen molar-refractivity contribution in [2.75, 3.05) is 0 Å². The average molecular weight is 459 g/mol. The molecule has 0 spiro atoms. The first-order valence-electron chi connectivity index (χ1n) is 13.5. The Kier molecular flexibility index (Phi) is 15.6. The van der Waals surface area contributed by atoms with Crippen molar-refractivity contribution < 1.29 is 19.6 Å². The van der Waals surface area contributed by atoms with Gasteiger partial charge in [-0.1, -0.05) is 78.1 Å². The molecule has 0 aliphatic rings. The largest absolute Gasteiger partial charge is 0.230 e. The Morgan fingerprint density at radius 1 is 0.375 bits per heavy atom. The minimum absolute atomic E-state index is 0.322. The first-order valence-corrected chi connectivity index (χ1v) is 13.5. The fraction of sp³-hybridized carbons (Fsp3) is 1.00. The third-order valence-corrected chi connectivity index (χ3v) is 5.79. The van der Waals surface area contributed by atoms with E-state index < -0.39 is 0 Å². The summed E-state index contributed by atoms with van der Waals surface area (Å²) in [6, 6.07) is 0. The van der Waals surface area contributed by atoms with Crippen LogP contribution in [0.25, 0.3) is 0 Å². The van der Waals surface area contributed by atoms with Crippen molar-refractivity contribution in [2.24, 2.45) is 0 Å². The van der Waals surface area contributed by atoms with E-state index in [9.17, 15) is 0 Å². The highest BCUT2D eigenvalue weighted by Crippen LogP contribution is 2.34. The summed E-state index contributed by atoms with van der Waals surface area (Å²) >= 11 is 0. The topological polar surface area (TPSA) is 36.9 Å². The summed E-state index contributed by atoms with van der Waals surface area (Å²) in [6.07, 6.45) is 16.3. The van der Waals surface area contributed by atoms with Gasteiger partial charge in [0.25, 0.3) is 0 Å². The Morgan fingerprint density at radius 3 is 0.969 bits per heavy atom. The van der Waals surface area contributed by atoms with Crippen LogP contribution in [0, 0.1) is 0 Å². The zero-order valence-electron chi connectivity index (χ0n) is 23.5. The maximum Gasteiger partial charge on any atom is 0.101 e. The van der Waals surface area contributed by atoms with Gasteiger partial charge in [-0.2, -0.15) is 0 Å². The van der Waals surface area contributed by atoms with Crippen LogP contribution in [0.3, 0.4) is 0 Å². The fourth-order valence-electron chi connectivity index (χ4n) is 3.60. The summed E-state index contributed by atoms with van der Waals surface area (Å²) in [5.41, 5.74) is -1.29. The normalized spacial score (nSPS) is 16.7. The predicted octanol–water partition coefficient (Wildman–Crippen LogP) is 9.50. The van der Waals surface area contributed by atoms with Crippen LogP contribution in [-0.2, 0) is 19.6 Å². The smallest absolute Gasteiger partial charge is 0.101 e. The summed E-state index contributed by atoms with van der Waals surface area (Å²) < 4.78 is 0. The molecular formula is C28H58O4. The second-order valence-corrected chi connectivity index (χ2v) is 12.3. The van der Waals surface area contributed by atoms with Gasteiger partial charge in [0.2, 0.25) is 0 Å². The lowest BCUT2D eigenvalue weighted by atomic mass is 9.85. The van der Waals surface area contributed by atoms with Gasteiger partial charge in [0.05, 0.1) is 11.2 Å². The summed E-state index contributed by atoms with van der Waals surface area (Å²) in [6.45, 7) is 21.1. The van der Waals surface area contributed by atoms with Crippen LogP contribution in [0.2, 0.25) is 0 Å². The number of unbranched alkanes of at least 4 members (excludes halogenated alkanes) is 8. The van der Waals surface area contributed by atoms with Gasteiger partial charge in [-0.05, 0) is 81.1 Å². The van der Waals surface area contributed by atoms with Crippen molar-refractivity contribution in [3.05, 3.63) is 0 Å². The Labute approximate surface area is 201 Å². The maximum absolute atomic E-state index is 6.10. The Balaban J connectivity index is 5.07. The van der Waals surface area contributed by atoms with Gasteiger partial charge < -0.3 is 0 Å². The van der Waals surface area contributed by atoms with Crippen molar-refractivity contribution in [1.82, 2.24) is 0 Å². The van der Waals surface area contributed by atoms with Crippen molar-refractivity contribution in [1.29, 1.82) is 0 Å². The van der Waals surface area contributed by atoms with Crippen LogP contribution >= 0.6 is 0 Å². The standard InChI is InChI=1S/C28H58O4/c1-11-13-15-17-19-21-27(9,31-29-25(3,4)5)23-24-28(10,32-30-26(6,7)8)22-20-18-16-14-12-2/h11-24H2,1-10H3.